The van der Waals surface area contributed by atoms with Crippen LogP contribution in [0.1, 0.15) is 39.2 Å². The summed E-state index contributed by atoms with van der Waals surface area (Å²) in [4.78, 5) is 0. The Kier molecular flexibility index (Phi) is 4.96. The first-order valence-corrected chi connectivity index (χ1v) is 6.02. The van der Waals surface area contributed by atoms with E-state index in [0.29, 0.717) is 6.54 Å². The van der Waals surface area contributed by atoms with Gasteiger partial charge in [-0.2, -0.15) is 5.10 Å². The van der Waals surface area contributed by atoms with E-state index in [2.05, 4.69) is 24.3 Å². The topological polar surface area (TPSA) is 50.1 Å². The number of rotatable bonds is 7. The molecule has 0 saturated carbocycles. The minimum atomic E-state index is -0.602. The van der Waals surface area contributed by atoms with Crippen molar-refractivity contribution in [2.45, 2.75) is 52.3 Å². The van der Waals surface area contributed by atoms with Crippen molar-refractivity contribution < 1.29 is 5.11 Å². The molecule has 0 amide bonds. The van der Waals surface area contributed by atoms with Crippen LogP contribution in [0.4, 0.5) is 0 Å². The molecule has 0 aliphatic heterocycles. The third kappa shape index (κ3) is 4.33. The Bertz CT molecular complexity index is 307. The fraction of sp³-hybridized carbons (Fsp3) is 0.750. The van der Waals surface area contributed by atoms with E-state index in [0.717, 1.165) is 31.5 Å². The zero-order valence-electron chi connectivity index (χ0n) is 10.5. The predicted octanol–water partition coefficient (Wildman–Crippen LogP) is 1.54. The van der Waals surface area contributed by atoms with E-state index in [9.17, 15) is 5.11 Å². The Morgan fingerprint density at radius 1 is 1.50 bits per heavy atom. The van der Waals surface area contributed by atoms with E-state index in [1.165, 1.54) is 0 Å². The molecule has 0 aromatic carbocycles. The maximum atomic E-state index is 9.96. The van der Waals surface area contributed by atoms with Crippen LogP contribution in [0.5, 0.6) is 0 Å². The molecule has 1 aromatic heterocycles. The largest absolute Gasteiger partial charge is 0.389 e. The van der Waals surface area contributed by atoms with E-state index in [4.69, 9.17) is 0 Å². The maximum absolute atomic E-state index is 9.96. The van der Waals surface area contributed by atoms with Gasteiger partial charge in [-0.15, -0.1) is 0 Å². The average Bonchev–Trinajstić information content (AvgIpc) is 2.65. The number of hydrogen-bond donors (Lipinski definition) is 2. The monoisotopic (exact) mass is 225 g/mol. The molecule has 0 aliphatic carbocycles. The Balaban J connectivity index is 2.29. The summed E-state index contributed by atoms with van der Waals surface area (Å²) in [5, 5.41) is 17.4. The van der Waals surface area contributed by atoms with Gasteiger partial charge in [-0.3, -0.25) is 4.68 Å². The molecule has 4 heteroatoms. The molecule has 0 fully saturated rings. The highest BCUT2D eigenvalue weighted by Crippen LogP contribution is 2.10. The van der Waals surface area contributed by atoms with E-state index < -0.39 is 5.60 Å². The van der Waals surface area contributed by atoms with E-state index in [1.807, 2.05) is 24.0 Å². The highest BCUT2D eigenvalue weighted by Gasteiger charge is 2.17. The molecule has 1 rings (SSSR count). The quantitative estimate of drug-likeness (QED) is 0.740. The van der Waals surface area contributed by atoms with Gasteiger partial charge in [0.2, 0.25) is 0 Å². The number of aromatic nitrogens is 2. The lowest BCUT2D eigenvalue weighted by Gasteiger charge is -2.22. The molecule has 1 unspecified atom stereocenters. The van der Waals surface area contributed by atoms with Crippen LogP contribution < -0.4 is 5.32 Å². The van der Waals surface area contributed by atoms with Crippen LogP contribution in [-0.2, 0) is 13.1 Å². The van der Waals surface area contributed by atoms with Gasteiger partial charge in [0.25, 0.3) is 0 Å². The lowest BCUT2D eigenvalue weighted by atomic mass is 10.0. The van der Waals surface area contributed by atoms with Crippen molar-refractivity contribution in [2.24, 2.45) is 0 Å². The first-order valence-electron chi connectivity index (χ1n) is 6.02. The summed E-state index contributed by atoms with van der Waals surface area (Å²) in [5.41, 5.74) is 0.560. The van der Waals surface area contributed by atoms with Crippen LogP contribution in [0, 0.1) is 0 Å². The Hall–Kier alpha value is -0.870. The summed E-state index contributed by atoms with van der Waals surface area (Å²) in [5.74, 6) is 0. The molecule has 0 saturated heterocycles. The Morgan fingerprint density at radius 3 is 2.81 bits per heavy atom. The second kappa shape index (κ2) is 6.01. The van der Waals surface area contributed by atoms with Crippen LogP contribution in [-0.4, -0.2) is 27.0 Å². The summed E-state index contributed by atoms with van der Waals surface area (Å²) < 4.78 is 1.90. The highest BCUT2D eigenvalue weighted by atomic mass is 16.3. The van der Waals surface area contributed by atoms with Crippen LogP contribution in [0.2, 0.25) is 0 Å². The molecule has 0 aliphatic rings. The van der Waals surface area contributed by atoms with Gasteiger partial charge in [-0.05, 0) is 20.3 Å². The SMILES string of the molecule is CCCC(C)(O)CNCc1cnn(CC)c1. The van der Waals surface area contributed by atoms with E-state index >= 15 is 0 Å². The summed E-state index contributed by atoms with van der Waals surface area (Å²) in [6.07, 6.45) is 5.73. The second-order valence-electron chi connectivity index (χ2n) is 4.55. The minimum Gasteiger partial charge on any atom is -0.389 e. The maximum Gasteiger partial charge on any atom is 0.0743 e. The van der Waals surface area contributed by atoms with Crippen LogP contribution >= 0.6 is 0 Å². The minimum absolute atomic E-state index is 0.602. The molecule has 16 heavy (non-hydrogen) atoms. The van der Waals surface area contributed by atoms with Gasteiger partial charge in [-0.25, -0.2) is 0 Å². The fourth-order valence-corrected chi connectivity index (χ4v) is 1.77. The van der Waals surface area contributed by atoms with E-state index in [1.54, 1.807) is 0 Å². The van der Waals surface area contributed by atoms with Gasteiger partial charge in [0.1, 0.15) is 0 Å². The smallest absolute Gasteiger partial charge is 0.0743 e. The van der Waals surface area contributed by atoms with Crippen molar-refractivity contribution in [1.29, 1.82) is 0 Å². The molecule has 0 spiro atoms. The number of nitrogens with one attached hydrogen (secondary N) is 1. The van der Waals surface area contributed by atoms with E-state index in [-0.39, 0.29) is 0 Å². The molecule has 4 nitrogen and oxygen atoms in total. The van der Waals surface area contributed by atoms with Crippen LogP contribution in [0.25, 0.3) is 0 Å². The lowest BCUT2D eigenvalue weighted by Crippen LogP contribution is -2.37. The first-order chi connectivity index (χ1) is 7.57. The second-order valence-corrected chi connectivity index (χ2v) is 4.55. The highest BCUT2D eigenvalue weighted by molar-refractivity contribution is 5.03. The summed E-state index contributed by atoms with van der Waals surface area (Å²) >= 11 is 0. The zero-order valence-corrected chi connectivity index (χ0v) is 10.5. The number of aryl methyl sites for hydroxylation is 1. The Labute approximate surface area is 97.7 Å². The van der Waals surface area contributed by atoms with Crippen molar-refractivity contribution in [3.63, 3.8) is 0 Å². The third-order valence-electron chi connectivity index (χ3n) is 2.63. The molecule has 92 valence electrons. The van der Waals surface area contributed by atoms with Gasteiger partial charge in [-0.1, -0.05) is 13.3 Å². The van der Waals surface area contributed by atoms with Crippen LogP contribution in [0.15, 0.2) is 12.4 Å². The molecule has 0 radical (unpaired) electrons. The van der Waals surface area contributed by atoms with Gasteiger partial charge >= 0.3 is 0 Å². The van der Waals surface area contributed by atoms with Crippen molar-refractivity contribution >= 4 is 0 Å². The molecule has 1 aromatic rings. The van der Waals surface area contributed by atoms with Gasteiger partial charge < -0.3 is 10.4 Å². The Morgan fingerprint density at radius 2 is 2.25 bits per heavy atom. The normalized spacial score (nSPS) is 15.0. The molecule has 1 atom stereocenters. The molecule has 1 heterocycles. The predicted molar refractivity (Wildman–Crippen MR) is 65.1 cm³/mol. The molecular formula is C12H23N3O. The molecule has 2 N–H and O–H groups in total. The zero-order chi connectivity index (χ0) is 12.0. The van der Waals surface area contributed by atoms with Gasteiger partial charge in [0, 0.05) is 31.4 Å². The van der Waals surface area contributed by atoms with Crippen molar-refractivity contribution in [2.75, 3.05) is 6.54 Å². The molecule has 0 bridgehead atoms. The number of hydrogen-bond acceptors (Lipinski definition) is 3. The average molecular weight is 225 g/mol. The fourth-order valence-electron chi connectivity index (χ4n) is 1.77. The number of nitrogens with zero attached hydrogens (tertiary/aromatic N) is 2. The molecular weight excluding hydrogens is 202 g/mol. The lowest BCUT2D eigenvalue weighted by molar-refractivity contribution is 0.0498. The third-order valence-corrected chi connectivity index (χ3v) is 2.63. The first kappa shape index (κ1) is 13.2. The van der Waals surface area contributed by atoms with Gasteiger partial charge in [0.15, 0.2) is 0 Å². The summed E-state index contributed by atoms with van der Waals surface area (Å²) in [6, 6.07) is 0. The van der Waals surface area contributed by atoms with Gasteiger partial charge in [0.05, 0.1) is 11.8 Å². The summed E-state index contributed by atoms with van der Waals surface area (Å²) in [7, 11) is 0. The number of aliphatic hydroxyl groups is 1. The van der Waals surface area contributed by atoms with Crippen LogP contribution in [0.3, 0.4) is 0 Å². The van der Waals surface area contributed by atoms with Crippen molar-refractivity contribution in [3.8, 4) is 0 Å². The summed E-state index contributed by atoms with van der Waals surface area (Å²) in [6.45, 7) is 8.31. The van der Waals surface area contributed by atoms with Crippen molar-refractivity contribution in [1.82, 2.24) is 15.1 Å². The standard InChI is InChI=1S/C12H23N3O/c1-4-6-12(3,16)10-13-7-11-8-14-15(5-2)9-11/h8-9,13,16H,4-7,10H2,1-3H3. The van der Waals surface area contributed by atoms with Crippen molar-refractivity contribution in [3.05, 3.63) is 18.0 Å².